The van der Waals surface area contributed by atoms with Crippen molar-refractivity contribution in [2.45, 2.75) is 52.4 Å². The van der Waals surface area contributed by atoms with Crippen LogP contribution in [0.1, 0.15) is 63.6 Å². The van der Waals surface area contributed by atoms with Crippen LogP contribution in [-0.4, -0.2) is 6.71 Å². The quantitative estimate of drug-likeness (QED) is 0.148. The van der Waals surface area contributed by atoms with Gasteiger partial charge in [-0.2, -0.15) is 0 Å². The molecule has 0 spiro atoms. The van der Waals surface area contributed by atoms with E-state index in [1.165, 1.54) is 0 Å². The second-order valence-electron chi connectivity index (χ2n) is 22.9. The third kappa shape index (κ3) is 8.35. The van der Waals surface area contributed by atoms with Crippen molar-refractivity contribution in [1.82, 2.24) is 0 Å². The molecule has 0 atom stereocenters. The van der Waals surface area contributed by atoms with Crippen LogP contribution in [0.25, 0.3) is 77.6 Å². The molecule has 1 aromatic heterocycles. The van der Waals surface area contributed by atoms with Crippen molar-refractivity contribution in [3.8, 4) is 55.6 Å². The van der Waals surface area contributed by atoms with E-state index in [1.807, 2.05) is 174 Å². The number of hydrogen-bond acceptors (Lipinski definition) is 3. The van der Waals surface area contributed by atoms with E-state index in [0.29, 0.717) is 33.6 Å². The van der Waals surface area contributed by atoms with Crippen LogP contribution in [0.5, 0.6) is 0 Å². The third-order valence-corrected chi connectivity index (χ3v) is 16.1. The summed E-state index contributed by atoms with van der Waals surface area (Å²) in [4.78, 5) is 3.77. The van der Waals surface area contributed by atoms with Gasteiger partial charge in [-0.3, -0.25) is 0 Å². The Morgan fingerprint density at radius 1 is 0.388 bits per heavy atom. The number of para-hydroxylation sites is 1. The van der Waals surface area contributed by atoms with E-state index in [1.54, 1.807) is 0 Å². The van der Waals surface area contributed by atoms with Gasteiger partial charge in [-0.1, -0.05) is 222 Å². The SMILES string of the molecule is [2H]c1c([2H])c2c(c([2H])c1Cl)N(c1c(-c3ccccc3)cc(C(C)(C)C)cc1-c1ccccc1)c1c([2H])c(-c3ccc4oc5ccccc5c4c3)c([2H])c3c1B2c1c([2H])c([2H])c(Cl)c([2H])c1N3c1c(-c2ccccc2)cc(C(C)(C)C)cc1-c1ccccc1. The van der Waals surface area contributed by atoms with Gasteiger partial charge in [-0.05, 0) is 150 Å². The summed E-state index contributed by atoms with van der Waals surface area (Å²) in [5.74, 6) is 0. The van der Waals surface area contributed by atoms with Crippen LogP contribution < -0.4 is 26.2 Å². The molecule has 0 aliphatic carbocycles. The molecule has 0 unspecified atom stereocenters. The first-order valence-corrected chi connectivity index (χ1v) is 27.8. The van der Waals surface area contributed by atoms with Gasteiger partial charge >= 0.3 is 0 Å². The largest absolute Gasteiger partial charge is 0.456 e. The lowest BCUT2D eigenvalue weighted by Crippen LogP contribution is -2.61. The van der Waals surface area contributed by atoms with Gasteiger partial charge in [0.15, 0.2) is 0 Å². The van der Waals surface area contributed by atoms with Gasteiger partial charge in [-0.15, -0.1) is 0 Å². The second kappa shape index (κ2) is 19.1. The minimum atomic E-state index is -1.36. The highest BCUT2D eigenvalue weighted by Crippen LogP contribution is 2.55. The lowest BCUT2D eigenvalue weighted by atomic mass is 9.33. The number of fused-ring (bicyclic) bond motifs is 7. The number of furan rings is 1. The fraction of sp³-hybridized carbons (Fsp3) is 0.108. The lowest BCUT2D eigenvalue weighted by Gasteiger charge is -2.46. The van der Waals surface area contributed by atoms with Crippen LogP contribution in [0.3, 0.4) is 0 Å². The van der Waals surface area contributed by atoms with Crippen molar-refractivity contribution in [3.05, 3.63) is 258 Å². The van der Waals surface area contributed by atoms with E-state index in [2.05, 4.69) is 65.8 Å². The van der Waals surface area contributed by atoms with Gasteiger partial charge in [0.05, 0.1) is 22.3 Å². The number of benzene rings is 11. The molecule has 2 aliphatic rings. The van der Waals surface area contributed by atoms with E-state index < -0.39 is 29.6 Å². The number of nitrogens with zero attached hydrogens (tertiary/aromatic N) is 2. The zero-order valence-corrected chi connectivity index (χ0v) is 46.5. The molecular formula is C74H57BCl2N2O. The van der Waals surface area contributed by atoms with Crippen LogP contribution in [0.2, 0.25) is 10.0 Å². The van der Waals surface area contributed by atoms with Gasteiger partial charge < -0.3 is 14.2 Å². The summed E-state index contributed by atoms with van der Waals surface area (Å²) >= 11 is 14.6. The summed E-state index contributed by atoms with van der Waals surface area (Å²) < 4.78 is 90.0. The van der Waals surface area contributed by atoms with E-state index in [-0.39, 0.29) is 85.5 Å². The van der Waals surface area contributed by atoms with Crippen molar-refractivity contribution < 1.29 is 15.4 Å². The molecule has 3 nitrogen and oxygen atoms in total. The molecule has 0 saturated heterocycles. The van der Waals surface area contributed by atoms with Crippen LogP contribution >= 0.6 is 23.2 Å². The molecule has 3 heterocycles. The van der Waals surface area contributed by atoms with Crippen molar-refractivity contribution in [3.63, 3.8) is 0 Å². The van der Waals surface area contributed by atoms with Gasteiger partial charge in [0.25, 0.3) is 6.71 Å². The Morgan fingerprint density at radius 2 is 0.775 bits per heavy atom. The fourth-order valence-corrected chi connectivity index (χ4v) is 12.1. The monoisotopic (exact) mass is 1080 g/mol. The van der Waals surface area contributed by atoms with E-state index >= 15 is 0 Å². The topological polar surface area (TPSA) is 19.6 Å². The molecule has 11 aromatic carbocycles. The summed E-state index contributed by atoms with van der Waals surface area (Å²) in [7, 11) is 0. The standard InChI is InChI=1S/C74H57BCl2N2O/c1-73(2,3)52-40-57(46-21-11-7-12-22-46)71(58(41-52)47-23-13-8-14-24-47)78-64-44-54(76)32-34-62(64)75-63-35-33-55(77)45-65(63)79(67-39-51(38-66(78)70(67)75)50-31-36-69-61(37-50)56-29-19-20-30-68(56)80-69)72-59(48-25-15-9-16-26-48)42-53(74(4,5)6)43-60(72)49-27-17-10-18-28-49/h7-45H,1-6H3/i32D,33D,34D,35D,38D,39D,44D,45D. The van der Waals surface area contributed by atoms with Crippen molar-refractivity contribution in [2.75, 3.05) is 9.80 Å². The highest BCUT2D eigenvalue weighted by Gasteiger charge is 2.46. The summed E-state index contributed by atoms with van der Waals surface area (Å²) in [6.45, 7) is 11.6. The molecule has 0 amide bonds. The molecule has 2 aliphatic heterocycles. The summed E-state index contributed by atoms with van der Waals surface area (Å²) in [5, 5.41) is 1.00. The molecule has 80 heavy (non-hydrogen) atoms. The zero-order chi connectivity index (χ0) is 61.6. The maximum Gasteiger partial charge on any atom is 0.252 e. The molecule has 386 valence electrons. The number of halogens is 2. The van der Waals surface area contributed by atoms with E-state index in [9.17, 15) is 11.0 Å². The van der Waals surface area contributed by atoms with Gasteiger partial charge in [-0.25, -0.2) is 0 Å². The van der Waals surface area contributed by atoms with Crippen molar-refractivity contribution in [2.24, 2.45) is 0 Å². The first-order chi connectivity index (χ1) is 42.1. The Morgan fingerprint density at radius 3 is 1.19 bits per heavy atom. The average molecular weight is 1080 g/mol. The van der Waals surface area contributed by atoms with Gasteiger partial charge in [0.1, 0.15) is 11.2 Å². The Hall–Kier alpha value is -8.54. The number of rotatable bonds is 7. The molecule has 0 saturated carbocycles. The van der Waals surface area contributed by atoms with Crippen LogP contribution in [-0.2, 0) is 10.8 Å². The summed E-state index contributed by atoms with van der Waals surface area (Å²) in [5.41, 5.74) is 11.5. The molecule has 14 rings (SSSR count). The smallest absolute Gasteiger partial charge is 0.252 e. The third-order valence-electron chi connectivity index (χ3n) is 15.7. The first-order valence-electron chi connectivity index (χ1n) is 31.0. The second-order valence-corrected chi connectivity index (χ2v) is 23.6. The molecule has 0 fully saturated rings. The maximum atomic E-state index is 11.3. The maximum absolute atomic E-state index is 11.3. The molecule has 0 N–H and O–H groups in total. The van der Waals surface area contributed by atoms with Crippen molar-refractivity contribution >= 4 is 102 Å². The minimum Gasteiger partial charge on any atom is -0.456 e. The normalized spacial score (nSPS) is 14.3. The molecule has 12 aromatic rings. The summed E-state index contributed by atoms with van der Waals surface area (Å²) in [6, 6.07) is 59.5. The summed E-state index contributed by atoms with van der Waals surface area (Å²) in [6.07, 6.45) is 0. The van der Waals surface area contributed by atoms with Crippen molar-refractivity contribution in [1.29, 1.82) is 0 Å². The van der Waals surface area contributed by atoms with Gasteiger partial charge in [0.2, 0.25) is 0 Å². The lowest BCUT2D eigenvalue weighted by molar-refractivity contribution is 0.590. The molecular weight excluding hydrogens is 1010 g/mol. The number of anilines is 6. The first kappa shape index (κ1) is 41.5. The highest BCUT2D eigenvalue weighted by atomic mass is 35.5. The molecule has 0 bridgehead atoms. The molecule has 6 heteroatoms. The minimum absolute atomic E-state index is 0.0806. The predicted octanol–water partition coefficient (Wildman–Crippen LogP) is 19.9. The van der Waals surface area contributed by atoms with Gasteiger partial charge in [0, 0.05) is 65.8 Å². The van der Waals surface area contributed by atoms with Crippen LogP contribution in [0.4, 0.5) is 34.1 Å². The van der Waals surface area contributed by atoms with Crippen LogP contribution in [0.15, 0.2) is 241 Å². The van der Waals surface area contributed by atoms with E-state index in [4.69, 9.17) is 27.6 Å². The van der Waals surface area contributed by atoms with E-state index in [0.717, 1.165) is 66.4 Å². The Bertz CT molecular complexity index is 4530. The molecule has 0 radical (unpaired) electrons. The predicted molar refractivity (Wildman–Crippen MR) is 342 cm³/mol. The number of hydrogen-bond donors (Lipinski definition) is 0. The highest BCUT2D eigenvalue weighted by molar-refractivity contribution is 7.00. The fourth-order valence-electron chi connectivity index (χ4n) is 11.8. The Kier molecular flexibility index (Phi) is 9.90. The van der Waals surface area contributed by atoms with Crippen LogP contribution in [0, 0.1) is 0 Å². The average Bonchev–Trinajstić information content (AvgIpc) is 0.811. The zero-order valence-electron chi connectivity index (χ0n) is 53.0. The Labute approximate surface area is 490 Å². The Balaban J connectivity index is 1.27.